The predicted molar refractivity (Wildman–Crippen MR) is 62.5 cm³/mol. The quantitative estimate of drug-likeness (QED) is 0.732. The monoisotopic (exact) mass is 201 g/mol. The first-order valence-corrected chi connectivity index (χ1v) is 5.58. The predicted octanol–water partition coefficient (Wildman–Crippen LogP) is 1.26. The Kier molecular flexibility index (Phi) is 3.24. The molecule has 0 amide bonds. The third kappa shape index (κ3) is 2.95. The molecule has 0 aromatic carbocycles. The van der Waals surface area contributed by atoms with E-state index in [1.165, 1.54) is 25.7 Å². The third-order valence-corrected chi connectivity index (χ3v) is 3.02. The molecule has 1 fully saturated rings. The van der Waals surface area contributed by atoms with Crippen LogP contribution in [0.25, 0.3) is 0 Å². The maximum atomic E-state index is 5.53. The van der Waals surface area contributed by atoms with Crippen LogP contribution in [0.15, 0.2) is 12.4 Å². The molecule has 1 saturated carbocycles. The Balaban J connectivity index is 1.89. The van der Waals surface area contributed by atoms with Gasteiger partial charge >= 0.3 is 0 Å². The molecule has 78 valence electrons. The summed E-state index contributed by atoms with van der Waals surface area (Å²) >= 11 is 0. The van der Waals surface area contributed by atoms with Crippen molar-refractivity contribution in [3.8, 4) is 0 Å². The van der Waals surface area contributed by atoms with Gasteiger partial charge in [0.2, 0.25) is 5.95 Å². The van der Waals surface area contributed by atoms with Gasteiger partial charge in [0.25, 0.3) is 0 Å². The average molecular weight is 201 g/mol. The molecule has 4 heteroatoms. The standard InChI is InChI=1S/C11H16BN3/c1-8-2-4-10(5-3-8)15-11-13-6-9(12)7-14-11/h6-8,10H,2-5H2,1H3,(H,13,14,15). The van der Waals surface area contributed by atoms with E-state index in [1.807, 2.05) is 0 Å². The fourth-order valence-electron chi connectivity index (χ4n) is 2.00. The lowest BCUT2D eigenvalue weighted by atomic mass is 9.87. The second-order valence-corrected chi connectivity index (χ2v) is 4.44. The minimum atomic E-state index is 0.532. The molecule has 0 spiro atoms. The van der Waals surface area contributed by atoms with Crippen molar-refractivity contribution in [3.63, 3.8) is 0 Å². The van der Waals surface area contributed by atoms with E-state index in [0.717, 1.165) is 5.92 Å². The van der Waals surface area contributed by atoms with Gasteiger partial charge < -0.3 is 5.32 Å². The van der Waals surface area contributed by atoms with Crippen LogP contribution in [0.2, 0.25) is 0 Å². The minimum absolute atomic E-state index is 0.532. The molecule has 3 nitrogen and oxygen atoms in total. The molecule has 1 aliphatic rings. The summed E-state index contributed by atoms with van der Waals surface area (Å²) in [5.74, 6) is 1.57. The molecule has 15 heavy (non-hydrogen) atoms. The van der Waals surface area contributed by atoms with E-state index in [2.05, 4.69) is 22.2 Å². The van der Waals surface area contributed by atoms with Gasteiger partial charge in [0, 0.05) is 18.4 Å². The Labute approximate surface area is 92.1 Å². The SMILES string of the molecule is [B]c1cnc(NC2CCC(C)CC2)nc1. The summed E-state index contributed by atoms with van der Waals surface area (Å²) in [4.78, 5) is 8.29. The average Bonchev–Trinajstić information content (AvgIpc) is 2.25. The van der Waals surface area contributed by atoms with Crippen LogP contribution in [-0.4, -0.2) is 23.9 Å². The van der Waals surface area contributed by atoms with E-state index in [4.69, 9.17) is 7.85 Å². The van der Waals surface area contributed by atoms with Crippen LogP contribution in [0.5, 0.6) is 0 Å². The van der Waals surface area contributed by atoms with Crippen LogP contribution in [0.1, 0.15) is 32.6 Å². The molecule has 1 N–H and O–H groups in total. The first-order chi connectivity index (χ1) is 7.24. The van der Waals surface area contributed by atoms with Gasteiger partial charge in [0.05, 0.1) is 0 Å². The number of nitrogens with zero attached hydrogens (tertiary/aromatic N) is 2. The number of hydrogen-bond donors (Lipinski definition) is 1. The molecular formula is C11H16BN3. The Morgan fingerprint density at radius 1 is 1.20 bits per heavy atom. The molecule has 0 aliphatic heterocycles. The summed E-state index contributed by atoms with van der Waals surface area (Å²) < 4.78 is 0. The van der Waals surface area contributed by atoms with E-state index >= 15 is 0 Å². The second kappa shape index (κ2) is 4.64. The number of anilines is 1. The lowest BCUT2D eigenvalue weighted by Gasteiger charge is -2.26. The zero-order chi connectivity index (χ0) is 10.7. The highest BCUT2D eigenvalue weighted by molar-refractivity contribution is 6.31. The van der Waals surface area contributed by atoms with E-state index in [1.54, 1.807) is 12.4 Å². The molecule has 0 atom stereocenters. The molecule has 1 aliphatic carbocycles. The van der Waals surface area contributed by atoms with Gasteiger partial charge in [-0.15, -0.1) is 0 Å². The van der Waals surface area contributed by atoms with Gasteiger partial charge in [0.15, 0.2) is 0 Å². The number of rotatable bonds is 2. The van der Waals surface area contributed by atoms with Crippen LogP contribution in [0.4, 0.5) is 5.95 Å². The Bertz CT molecular complexity index is 304. The highest BCUT2D eigenvalue weighted by atomic mass is 15.1. The first kappa shape index (κ1) is 10.5. The molecule has 2 rings (SSSR count). The van der Waals surface area contributed by atoms with Gasteiger partial charge in [-0.3, -0.25) is 0 Å². The minimum Gasteiger partial charge on any atom is -0.351 e. The lowest BCUT2D eigenvalue weighted by molar-refractivity contribution is 0.360. The Morgan fingerprint density at radius 2 is 1.80 bits per heavy atom. The maximum absolute atomic E-state index is 5.53. The van der Waals surface area contributed by atoms with Gasteiger partial charge in [-0.25, -0.2) is 9.97 Å². The molecule has 0 unspecified atom stereocenters. The van der Waals surface area contributed by atoms with Crippen LogP contribution in [0, 0.1) is 5.92 Å². The molecule has 1 aromatic rings. The smallest absolute Gasteiger partial charge is 0.222 e. The van der Waals surface area contributed by atoms with Crippen LogP contribution in [0.3, 0.4) is 0 Å². The fourth-order valence-corrected chi connectivity index (χ4v) is 2.00. The Morgan fingerprint density at radius 3 is 2.40 bits per heavy atom. The van der Waals surface area contributed by atoms with Crippen molar-refractivity contribution in [2.45, 2.75) is 38.6 Å². The van der Waals surface area contributed by atoms with E-state index < -0.39 is 0 Å². The fraction of sp³-hybridized carbons (Fsp3) is 0.636. The summed E-state index contributed by atoms with van der Waals surface area (Å²) in [6.07, 6.45) is 8.31. The number of aromatic nitrogens is 2. The third-order valence-electron chi connectivity index (χ3n) is 3.02. The Hall–Kier alpha value is -1.06. The van der Waals surface area contributed by atoms with E-state index in [-0.39, 0.29) is 0 Å². The molecule has 2 radical (unpaired) electrons. The van der Waals surface area contributed by atoms with Crippen molar-refractivity contribution < 1.29 is 0 Å². The van der Waals surface area contributed by atoms with E-state index in [0.29, 0.717) is 17.5 Å². The van der Waals surface area contributed by atoms with Crippen molar-refractivity contribution >= 4 is 19.3 Å². The van der Waals surface area contributed by atoms with Crippen LogP contribution in [-0.2, 0) is 0 Å². The first-order valence-electron chi connectivity index (χ1n) is 5.58. The van der Waals surface area contributed by atoms with Crippen molar-refractivity contribution in [1.29, 1.82) is 0 Å². The van der Waals surface area contributed by atoms with Crippen molar-refractivity contribution in [1.82, 2.24) is 9.97 Å². The van der Waals surface area contributed by atoms with Crippen LogP contribution >= 0.6 is 0 Å². The summed E-state index contributed by atoms with van der Waals surface area (Å²) in [7, 11) is 5.53. The summed E-state index contributed by atoms with van der Waals surface area (Å²) in [6, 6.07) is 0.532. The molecular weight excluding hydrogens is 185 g/mol. The molecule has 0 bridgehead atoms. The van der Waals surface area contributed by atoms with Crippen molar-refractivity contribution in [2.24, 2.45) is 5.92 Å². The van der Waals surface area contributed by atoms with Gasteiger partial charge in [-0.05, 0) is 31.6 Å². The van der Waals surface area contributed by atoms with Gasteiger partial charge in [0.1, 0.15) is 7.85 Å². The van der Waals surface area contributed by atoms with Gasteiger partial charge in [-0.1, -0.05) is 12.4 Å². The second-order valence-electron chi connectivity index (χ2n) is 4.44. The zero-order valence-corrected chi connectivity index (χ0v) is 9.11. The highest BCUT2D eigenvalue weighted by Gasteiger charge is 2.18. The van der Waals surface area contributed by atoms with E-state index in [9.17, 15) is 0 Å². The maximum Gasteiger partial charge on any atom is 0.222 e. The zero-order valence-electron chi connectivity index (χ0n) is 9.11. The number of nitrogens with one attached hydrogen (secondary N) is 1. The molecule has 1 aromatic heterocycles. The van der Waals surface area contributed by atoms with Crippen molar-refractivity contribution in [3.05, 3.63) is 12.4 Å². The molecule has 1 heterocycles. The molecule has 0 saturated heterocycles. The lowest BCUT2D eigenvalue weighted by Crippen LogP contribution is -2.26. The largest absolute Gasteiger partial charge is 0.351 e. The topological polar surface area (TPSA) is 37.8 Å². The number of hydrogen-bond acceptors (Lipinski definition) is 3. The van der Waals surface area contributed by atoms with Gasteiger partial charge in [-0.2, -0.15) is 0 Å². The summed E-state index contributed by atoms with van der Waals surface area (Å²) in [6.45, 7) is 2.32. The summed E-state index contributed by atoms with van der Waals surface area (Å²) in [5.41, 5.74) is 0.609. The normalized spacial score (nSPS) is 26.2. The van der Waals surface area contributed by atoms with Crippen LogP contribution < -0.4 is 10.8 Å². The highest BCUT2D eigenvalue weighted by Crippen LogP contribution is 2.24. The summed E-state index contributed by atoms with van der Waals surface area (Å²) in [5, 5.41) is 3.35. The van der Waals surface area contributed by atoms with Crippen molar-refractivity contribution in [2.75, 3.05) is 5.32 Å².